The van der Waals surface area contributed by atoms with Gasteiger partial charge in [-0.05, 0) is 38.1 Å². The van der Waals surface area contributed by atoms with E-state index in [1.807, 2.05) is 68.4 Å². The van der Waals surface area contributed by atoms with Crippen LogP contribution in [0.25, 0.3) is 22.0 Å². The summed E-state index contributed by atoms with van der Waals surface area (Å²) in [7, 11) is 1.90. The zero-order valence-electron chi connectivity index (χ0n) is 17.4. The van der Waals surface area contributed by atoms with E-state index in [4.69, 9.17) is 4.74 Å². The Labute approximate surface area is 176 Å². The molecule has 0 aliphatic rings. The molecule has 0 fully saturated rings. The summed E-state index contributed by atoms with van der Waals surface area (Å²) in [5.74, 6) is 0.763. The third-order valence-corrected chi connectivity index (χ3v) is 5.52. The summed E-state index contributed by atoms with van der Waals surface area (Å²) in [5, 5.41) is 19.2. The van der Waals surface area contributed by atoms with Crippen molar-refractivity contribution in [3.05, 3.63) is 78.2 Å². The van der Waals surface area contributed by atoms with Crippen molar-refractivity contribution in [1.29, 1.82) is 0 Å². The van der Waals surface area contributed by atoms with E-state index in [0.717, 1.165) is 38.9 Å². The number of pyridine rings is 1. The first kappa shape index (κ1) is 20.1. The van der Waals surface area contributed by atoms with E-state index in [-0.39, 0.29) is 6.04 Å². The average molecular weight is 402 g/mol. The molecule has 154 valence electrons. The molecule has 0 spiro atoms. The van der Waals surface area contributed by atoms with Gasteiger partial charge in [-0.25, -0.2) is 0 Å². The first-order valence-corrected chi connectivity index (χ1v) is 10.1. The minimum absolute atomic E-state index is 0.0824. The highest BCUT2D eigenvalue weighted by atomic mass is 16.5. The van der Waals surface area contributed by atoms with Crippen LogP contribution < -0.4 is 4.74 Å². The number of nitrogens with zero attached hydrogens (tertiary/aromatic N) is 3. The topological polar surface area (TPSA) is 74.3 Å². The lowest BCUT2D eigenvalue weighted by Gasteiger charge is -2.30. The van der Waals surface area contributed by atoms with Crippen LogP contribution in [-0.2, 0) is 0 Å². The van der Waals surface area contributed by atoms with E-state index >= 15 is 0 Å². The number of benzene rings is 2. The maximum absolute atomic E-state index is 11.1. The molecule has 0 radical (unpaired) electrons. The number of aromatic nitrogens is 3. The minimum atomic E-state index is -0.804. The number of aromatic amines is 1. The Hall–Kier alpha value is -3.22. The summed E-state index contributed by atoms with van der Waals surface area (Å²) >= 11 is 0. The number of fused-ring (bicyclic) bond motifs is 1. The number of nitrogens with one attached hydrogen (secondary N) is 1. The van der Waals surface area contributed by atoms with Gasteiger partial charge < -0.3 is 9.84 Å². The van der Waals surface area contributed by atoms with Crippen molar-refractivity contribution in [1.82, 2.24) is 20.1 Å². The van der Waals surface area contributed by atoms with Gasteiger partial charge in [-0.15, -0.1) is 0 Å². The number of aliphatic hydroxyl groups excluding tert-OH is 1. The molecular formula is C24H26N4O2. The van der Waals surface area contributed by atoms with Crippen LogP contribution in [0.15, 0.2) is 67.1 Å². The van der Waals surface area contributed by atoms with Crippen LogP contribution in [-0.4, -0.2) is 38.8 Å². The van der Waals surface area contributed by atoms with Gasteiger partial charge in [0.05, 0.1) is 18.3 Å². The van der Waals surface area contributed by atoms with Gasteiger partial charge in [0.25, 0.3) is 0 Å². The monoisotopic (exact) mass is 402 g/mol. The van der Waals surface area contributed by atoms with Crippen molar-refractivity contribution < 1.29 is 9.84 Å². The molecule has 4 rings (SSSR count). The summed E-state index contributed by atoms with van der Waals surface area (Å²) < 4.78 is 5.90. The molecule has 0 amide bonds. The van der Waals surface area contributed by atoms with Crippen LogP contribution in [0.2, 0.25) is 0 Å². The molecule has 0 aliphatic carbocycles. The Balaban J connectivity index is 1.64. The Bertz CT molecular complexity index is 1130. The van der Waals surface area contributed by atoms with Gasteiger partial charge in [-0.3, -0.25) is 15.0 Å². The third kappa shape index (κ3) is 3.79. The van der Waals surface area contributed by atoms with Crippen molar-refractivity contribution in [2.45, 2.75) is 26.1 Å². The fourth-order valence-electron chi connectivity index (χ4n) is 3.70. The Kier molecular flexibility index (Phi) is 5.79. The maximum atomic E-state index is 11.1. The number of aliphatic hydroxyl groups is 1. The number of hydrogen-bond donors (Lipinski definition) is 2. The maximum Gasteiger partial charge on any atom is 0.133 e. The molecule has 0 bridgehead atoms. The van der Waals surface area contributed by atoms with Gasteiger partial charge in [0.1, 0.15) is 12.0 Å². The fourth-order valence-corrected chi connectivity index (χ4v) is 3.70. The quantitative estimate of drug-likeness (QED) is 0.438. The summed E-state index contributed by atoms with van der Waals surface area (Å²) in [4.78, 5) is 6.22. The number of ether oxygens (including phenoxy) is 1. The normalized spacial score (nSPS) is 13.5. The van der Waals surface area contributed by atoms with Crippen LogP contribution in [0.1, 0.15) is 37.2 Å². The molecule has 6 nitrogen and oxygen atoms in total. The highest BCUT2D eigenvalue weighted by Gasteiger charge is 2.23. The van der Waals surface area contributed by atoms with Crippen molar-refractivity contribution in [2.24, 2.45) is 0 Å². The fraction of sp³-hybridized carbons (Fsp3) is 0.250. The van der Waals surface area contributed by atoms with E-state index in [0.29, 0.717) is 6.61 Å². The molecule has 2 N–H and O–H groups in total. The Morgan fingerprint density at radius 3 is 2.67 bits per heavy atom. The SMILES string of the molecule is CCOc1cc(C(O)N(C)C(C)c2cncc3cn[nH]c23)ccc1-c1ccccc1. The molecule has 2 aromatic heterocycles. The van der Waals surface area contributed by atoms with Crippen molar-refractivity contribution in [3.63, 3.8) is 0 Å². The van der Waals surface area contributed by atoms with Gasteiger partial charge in [-0.1, -0.05) is 42.5 Å². The largest absolute Gasteiger partial charge is 0.493 e. The Morgan fingerprint density at radius 1 is 1.10 bits per heavy atom. The highest BCUT2D eigenvalue weighted by Crippen LogP contribution is 2.35. The molecular weight excluding hydrogens is 376 g/mol. The van der Waals surface area contributed by atoms with Gasteiger partial charge in [-0.2, -0.15) is 5.10 Å². The van der Waals surface area contributed by atoms with E-state index in [2.05, 4.69) is 27.3 Å². The van der Waals surface area contributed by atoms with Gasteiger partial charge in [0.15, 0.2) is 0 Å². The van der Waals surface area contributed by atoms with Crippen molar-refractivity contribution >= 4 is 10.9 Å². The number of hydrogen-bond acceptors (Lipinski definition) is 5. The summed E-state index contributed by atoms with van der Waals surface area (Å²) in [6.07, 6.45) is 4.55. The smallest absolute Gasteiger partial charge is 0.133 e. The van der Waals surface area contributed by atoms with Gasteiger partial charge in [0.2, 0.25) is 0 Å². The second-order valence-corrected chi connectivity index (χ2v) is 7.33. The first-order valence-electron chi connectivity index (χ1n) is 10.1. The second-order valence-electron chi connectivity index (χ2n) is 7.33. The molecule has 30 heavy (non-hydrogen) atoms. The van der Waals surface area contributed by atoms with Crippen LogP contribution in [0.3, 0.4) is 0 Å². The van der Waals surface area contributed by atoms with Gasteiger partial charge in [0, 0.05) is 34.9 Å². The summed E-state index contributed by atoms with van der Waals surface area (Å²) in [5.41, 5.74) is 4.79. The lowest BCUT2D eigenvalue weighted by molar-refractivity contribution is -0.00426. The zero-order valence-corrected chi connectivity index (χ0v) is 17.4. The molecule has 0 saturated carbocycles. The molecule has 2 heterocycles. The van der Waals surface area contributed by atoms with Crippen molar-refractivity contribution in [2.75, 3.05) is 13.7 Å². The van der Waals surface area contributed by atoms with E-state index in [1.165, 1.54) is 0 Å². The molecule has 2 atom stereocenters. The molecule has 6 heteroatoms. The highest BCUT2D eigenvalue weighted by molar-refractivity contribution is 5.80. The summed E-state index contributed by atoms with van der Waals surface area (Å²) in [6, 6.07) is 15.9. The predicted octanol–water partition coefficient (Wildman–Crippen LogP) is 4.71. The second kappa shape index (κ2) is 8.65. The third-order valence-electron chi connectivity index (χ3n) is 5.52. The van der Waals surface area contributed by atoms with Gasteiger partial charge >= 0.3 is 0 Å². The standard InChI is InChI=1S/C24H26N4O2/c1-4-30-22-12-18(10-11-20(22)17-8-6-5-7-9-17)24(29)28(3)16(2)21-15-25-13-19-14-26-27-23(19)21/h5-16,24,29H,4H2,1-3H3,(H,26,27). The predicted molar refractivity (Wildman–Crippen MR) is 118 cm³/mol. The Morgan fingerprint density at radius 2 is 1.90 bits per heavy atom. The van der Waals surface area contributed by atoms with E-state index < -0.39 is 6.23 Å². The van der Waals surface area contributed by atoms with Crippen LogP contribution in [0.4, 0.5) is 0 Å². The molecule has 0 aliphatic heterocycles. The molecule has 0 saturated heterocycles. The first-order chi connectivity index (χ1) is 14.6. The van der Waals surface area contributed by atoms with Crippen molar-refractivity contribution in [3.8, 4) is 16.9 Å². The number of H-pyrrole nitrogens is 1. The number of rotatable bonds is 7. The molecule has 2 unspecified atom stereocenters. The van der Waals surface area contributed by atoms with Crippen LogP contribution in [0, 0.1) is 0 Å². The summed E-state index contributed by atoms with van der Waals surface area (Å²) in [6.45, 7) is 4.56. The van der Waals surface area contributed by atoms with Crippen LogP contribution in [0.5, 0.6) is 5.75 Å². The molecule has 4 aromatic rings. The van der Waals surface area contributed by atoms with E-state index in [9.17, 15) is 5.11 Å². The van der Waals surface area contributed by atoms with Crippen LogP contribution >= 0.6 is 0 Å². The zero-order chi connectivity index (χ0) is 21.1. The minimum Gasteiger partial charge on any atom is -0.493 e. The average Bonchev–Trinajstić information content (AvgIpc) is 3.27. The molecule has 2 aromatic carbocycles. The lowest BCUT2D eigenvalue weighted by Crippen LogP contribution is -2.27. The van der Waals surface area contributed by atoms with E-state index in [1.54, 1.807) is 12.4 Å². The lowest BCUT2D eigenvalue weighted by atomic mass is 10.0.